The molecule has 3 rings (SSSR count). The number of fused-ring (bicyclic) bond motifs is 1. The Labute approximate surface area is 118 Å². The number of carbonyl (C=O) groups is 1. The van der Waals surface area contributed by atoms with Gasteiger partial charge in [0.25, 0.3) is 0 Å². The van der Waals surface area contributed by atoms with Crippen LogP contribution >= 0.6 is 0 Å². The van der Waals surface area contributed by atoms with Crippen LogP contribution in [0.15, 0.2) is 42.7 Å². The van der Waals surface area contributed by atoms with Crippen LogP contribution < -0.4 is 4.74 Å². The fourth-order valence-corrected chi connectivity index (χ4v) is 2.55. The quantitative estimate of drug-likeness (QED) is 0.798. The largest absolute Gasteiger partial charge is 0.493 e. The number of hydrogen-bond acceptors (Lipinski definition) is 3. The highest BCUT2D eigenvalue weighted by molar-refractivity contribution is 5.99. The Kier molecular flexibility index (Phi) is 3.77. The molecule has 0 amide bonds. The zero-order chi connectivity index (χ0) is 13.8. The third-order valence-corrected chi connectivity index (χ3v) is 3.62. The van der Waals surface area contributed by atoms with Crippen molar-refractivity contribution >= 4 is 5.78 Å². The summed E-state index contributed by atoms with van der Waals surface area (Å²) in [5, 5.41) is 0. The molecule has 0 N–H and O–H groups in total. The van der Waals surface area contributed by atoms with Crippen molar-refractivity contribution in [2.75, 3.05) is 6.61 Å². The first-order valence-electron chi connectivity index (χ1n) is 7.01. The van der Waals surface area contributed by atoms with E-state index < -0.39 is 0 Å². The number of Topliss-reactive ketones (excluding diaryl/α,β-unsaturated/α-hetero) is 1. The maximum absolute atomic E-state index is 12.4. The van der Waals surface area contributed by atoms with E-state index in [9.17, 15) is 4.79 Å². The first kappa shape index (κ1) is 12.9. The molecule has 0 bridgehead atoms. The number of aromatic nitrogens is 1. The summed E-state index contributed by atoms with van der Waals surface area (Å²) in [4.78, 5) is 16.4. The molecule has 102 valence electrons. The van der Waals surface area contributed by atoms with Crippen molar-refractivity contribution < 1.29 is 9.53 Å². The summed E-state index contributed by atoms with van der Waals surface area (Å²) in [6.45, 7) is 0.710. The van der Waals surface area contributed by atoms with Crippen molar-refractivity contribution in [2.24, 2.45) is 0 Å². The molecule has 3 nitrogen and oxygen atoms in total. The molecule has 0 fully saturated rings. The highest BCUT2D eigenvalue weighted by Crippen LogP contribution is 2.29. The molecular weight excluding hydrogens is 250 g/mol. The summed E-state index contributed by atoms with van der Waals surface area (Å²) in [5.74, 6) is 0.957. The number of benzene rings is 1. The highest BCUT2D eigenvalue weighted by atomic mass is 16.5. The fraction of sp³-hybridized carbons (Fsp3) is 0.294. The van der Waals surface area contributed by atoms with Gasteiger partial charge in [0.2, 0.25) is 0 Å². The van der Waals surface area contributed by atoms with E-state index >= 15 is 0 Å². The Bertz CT molecular complexity index is 608. The van der Waals surface area contributed by atoms with Crippen molar-refractivity contribution in [2.45, 2.75) is 25.7 Å². The number of carbonyl (C=O) groups excluding carboxylic acids is 1. The van der Waals surface area contributed by atoms with Crippen molar-refractivity contribution in [3.05, 3.63) is 59.4 Å². The van der Waals surface area contributed by atoms with Crippen LogP contribution in [-0.2, 0) is 12.8 Å². The number of para-hydroxylation sites is 1. The van der Waals surface area contributed by atoms with Crippen LogP contribution in [0.3, 0.4) is 0 Å². The number of hydrogen-bond donors (Lipinski definition) is 0. The van der Waals surface area contributed by atoms with Crippen LogP contribution in [0.2, 0.25) is 0 Å². The summed E-state index contributed by atoms with van der Waals surface area (Å²) in [6.07, 6.45) is 6.79. The number of pyridine rings is 1. The third-order valence-electron chi connectivity index (χ3n) is 3.62. The van der Waals surface area contributed by atoms with Gasteiger partial charge in [-0.15, -0.1) is 0 Å². The lowest BCUT2D eigenvalue weighted by molar-refractivity contribution is 0.0978. The molecule has 0 unspecified atom stereocenters. The molecule has 1 aromatic carbocycles. The molecule has 1 aliphatic rings. The minimum atomic E-state index is 0.153. The summed E-state index contributed by atoms with van der Waals surface area (Å²) < 4.78 is 5.70. The zero-order valence-corrected chi connectivity index (χ0v) is 11.3. The van der Waals surface area contributed by atoms with Crippen LogP contribution in [0.25, 0.3) is 0 Å². The van der Waals surface area contributed by atoms with Gasteiger partial charge in [-0.1, -0.05) is 12.1 Å². The van der Waals surface area contributed by atoms with Gasteiger partial charge in [-0.05, 0) is 48.6 Å². The van der Waals surface area contributed by atoms with Gasteiger partial charge in [0.05, 0.1) is 12.2 Å². The minimum absolute atomic E-state index is 0.153. The lowest BCUT2D eigenvalue weighted by Gasteiger charge is -2.19. The van der Waals surface area contributed by atoms with E-state index in [0.717, 1.165) is 41.7 Å². The smallest absolute Gasteiger partial charge is 0.166 e. The normalized spacial score (nSPS) is 13.4. The van der Waals surface area contributed by atoms with Gasteiger partial charge < -0.3 is 4.74 Å². The van der Waals surface area contributed by atoms with Gasteiger partial charge in [0.15, 0.2) is 5.78 Å². The first-order chi connectivity index (χ1) is 9.84. The second-order valence-electron chi connectivity index (χ2n) is 5.02. The Morgan fingerprint density at radius 2 is 2.05 bits per heavy atom. The third kappa shape index (κ3) is 2.72. The van der Waals surface area contributed by atoms with Gasteiger partial charge >= 0.3 is 0 Å². The Morgan fingerprint density at radius 1 is 1.20 bits per heavy atom. The molecule has 2 aromatic rings. The molecule has 20 heavy (non-hydrogen) atoms. The highest BCUT2D eigenvalue weighted by Gasteiger charge is 2.18. The number of ether oxygens (including phenoxy) is 1. The Morgan fingerprint density at radius 3 is 2.90 bits per heavy atom. The number of aryl methyl sites for hydroxylation is 2. The molecule has 0 atom stereocenters. The van der Waals surface area contributed by atoms with Crippen molar-refractivity contribution in [1.82, 2.24) is 4.98 Å². The summed E-state index contributed by atoms with van der Waals surface area (Å²) in [7, 11) is 0. The number of ketones is 1. The van der Waals surface area contributed by atoms with Crippen molar-refractivity contribution in [3.63, 3.8) is 0 Å². The minimum Gasteiger partial charge on any atom is -0.493 e. The van der Waals surface area contributed by atoms with Crippen LogP contribution in [0, 0.1) is 0 Å². The predicted molar refractivity (Wildman–Crippen MR) is 77.1 cm³/mol. The summed E-state index contributed by atoms with van der Waals surface area (Å²) >= 11 is 0. The topological polar surface area (TPSA) is 39.2 Å². The lowest BCUT2D eigenvalue weighted by Crippen LogP contribution is -2.13. The zero-order valence-electron chi connectivity index (χ0n) is 11.3. The first-order valence-corrected chi connectivity index (χ1v) is 7.01. The average molecular weight is 267 g/mol. The van der Waals surface area contributed by atoms with Gasteiger partial charge in [-0.25, -0.2) is 0 Å². The maximum atomic E-state index is 12.4. The van der Waals surface area contributed by atoms with Gasteiger partial charge in [-0.3, -0.25) is 9.78 Å². The molecule has 0 saturated heterocycles. The standard InChI is InChI=1S/C17H17NO2/c19-16(7-6-13-8-10-18-11-9-13)15-5-1-3-14-4-2-12-20-17(14)15/h1,3,5,8-11H,2,4,6-7,12H2. The second kappa shape index (κ2) is 5.87. The Balaban J connectivity index is 1.74. The van der Waals surface area contributed by atoms with Gasteiger partial charge in [-0.2, -0.15) is 0 Å². The summed E-state index contributed by atoms with van der Waals surface area (Å²) in [6, 6.07) is 9.77. The molecule has 1 aromatic heterocycles. The van der Waals surface area contributed by atoms with E-state index in [1.54, 1.807) is 12.4 Å². The molecule has 0 aliphatic carbocycles. The average Bonchev–Trinajstić information content (AvgIpc) is 2.53. The molecule has 3 heteroatoms. The molecular formula is C17H17NO2. The van der Waals surface area contributed by atoms with Crippen LogP contribution in [0.5, 0.6) is 5.75 Å². The monoisotopic (exact) mass is 267 g/mol. The van der Waals surface area contributed by atoms with Crippen molar-refractivity contribution in [3.8, 4) is 5.75 Å². The lowest BCUT2D eigenvalue weighted by atomic mass is 9.97. The molecule has 0 saturated carbocycles. The van der Waals surface area contributed by atoms with Gasteiger partial charge in [0.1, 0.15) is 5.75 Å². The molecule has 2 heterocycles. The van der Waals surface area contributed by atoms with E-state index in [4.69, 9.17) is 4.74 Å². The predicted octanol–water partition coefficient (Wildman–Crippen LogP) is 3.22. The number of nitrogens with zero attached hydrogens (tertiary/aromatic N) is 1. The molecule has 1 aliphatic heterocycles. The van der Waals surface area contributed by atoms with E-state index in [2.05, 4.69) is 4.98 Å². The summed E-state index contributed by atoms with van der Waals surface area (Å²) in [5.41, 5.74) is 3.03. The SMILES string of the molecule is O=C(CCc1ccncc1)c1cccc2c1OCCC2. The maximum Gasteiger partial charge on any atom is 0.166 e. The van der Waals surface area contributed by atoms with Crippen LogP contribution in [-0.4, -0.2) is 17.4 Å². The van der Waals surface area contributed by atoms with Crippen molar-refractivity contribution in [1.29, 1.82) is 0 Å². The van der Waals surface area contributed by atoms with Crippen LogP contribution in [0.4, 0.5) is 0 Å². The van der Waals surface area contributed by atoms with Gasteiger partial charge in [0, 0.05) is 18.8 Å². The second-order valence-corrected chi connectivity index (χ2v) is 5.02. The van der Waals surface area contributed by atoms with E-state index in [0.29, 0.717) is 13.0 Å². The van der Waals surface area contributed by atoms with E-state index in [1.807, 2.05) is 30.3 Å². The fourth-order valence-electron chi connectivity index (χ4n) is 2.55. The number of rotatable bonds is 4. The van der Waals surface area contributed by atoms with E-state index in [-0.39, 0.29) is 5.78 Å². The van der Waals surface area contributed by atoms with Crippen LogP contribution in [0.1, 0.15) is 34.3 Å². The molecule has 0 spiro atoms. The van der Waals surface area contributed by atoms with E-state index in [1.165, 1.54) is 0 Å². The molecule has 0 radical (unpaired) electrons. The Hall–Kier alpha value is -2.16.